The van der Waals surface area contributed by atoms with Gasteiger partial charge in [-0.2, -0.15) is 0 Å². The van der Waals surface area contributed by atoms with Crippen molar-refractivity contribution in [3.8, 4) is 0 Å². The van der Waals surface area contributed by atoms with Crippen LogP contribution in [0, 0.1) is 17.8 Å². The number of rotatable bonds is 2. The first-order valence-corrected chi connectivity index (χ1v) is 5.98. The smallest absolute Gasteiger partial charge is 0.000977 e. The third-order valence-electron chi connectivity index (χ3n) is 4.16. The van der Waals surface area contributed by atoms with Crippen LogP contribution >= 0.6 is 0 Å². The highest BCUT2D eigenvalue weighted by atomic mass is 15.1. The largest absolute Gasteiger partial charge is 0.303 e. The van der Waals surface area contributed by atoms with E-state index >= 15 is 0 Å². The maximum absolute atomic E-state index is 2.70. The molecule has 13 heavy (non-hydrogen) atoms. The third kappa shape index (κ3) is 2.25. The van der Waals surface area contributed by atoms with Crippen molar-refractivity contribution < 1.29 is 0 Å². The Hall–Kier alpha value is -0.0400. The van der Waals surface area contributed by atoms with Crippen LogP contribution in [-0.4, -0.2) is 24.5 Å². The number of hydrogen-bond donors (Lipinski definition) is 0. The molecule has 0 aromatic carbocycles. The average molecular weight is 181 g/mol. The van der Waals surface area contributed by atoms with Crippen molar-refractivity contribution in [3.63, 3.8) is 0 Å². The molecule has 1 saturated heterocycles. The van der Waals surface area contributed by atoms with Gasteiger partial charge in [-0.05, 0) is 43.6 Å². The van der Waals surface area contributed by atoms with E-state index in [0.717, 1.165) is 17.8 Å². The Morgan fingerprint density at radius 1 is 1.08 bits per heavy atom. The quantitative estimate of drug-likeness (QED) is 0.633. The van der Waals surface area contributed by atoms with Gasteiger partial charge < -0.3 is 4.90 Å². The molecule has 2 unspecified atom stereocenters. The Kier molecular flexibility index (Phi) is 2.92. The lowest BCUT2D eigenvalue weighted by molar-refractivity contribution is 0.101. The fourth-order valence-electron chi connectivity index (χ4n) is 2.56. The zero-order valence-corrected chi connectivity index (χ0v) is 9.13. The monoisotopic (exact) mass is 181 g/mol. The van der Waals surface area contributed by atoms with E-state index in [2.05, 4.69) is 18.7 Å². The second kappa shape index (κ2) is 4.00. The second-order valence-electron chi connectivity index (χ2n) is 5.30. The van der Waals surface area contributed by atoms with Gasteiger partial charge in [-0.3, -0.25) is 0 Å². The topological polar surface area (TPSA) is 3.24 Å². The Balaban J connectivity index is 1.74. The number of likely N-dealkylation sites (tertiary alicyclic amines) is 1. The molecule has 76 valence electrons. The van der Waals surface area contributed by atoms with E-state index in [9.17, 15) is 0 Å². The van der Waals surface area contributed by atoms with Gasteiger partial charge in [-0.25, -0.2) is 0 Å². The summed E-state index contributed by atoms with van der Waals surface area (Å²) in [7, 11) is 0. The molecule has 0 amide bonds. The zero-order chi connectivity index (χ0) is 9.26. The lowest BCUT2D eigenvalue weighted by Gasteiger charge is -2.39. The molecule has 0 spiro atoms. The molecule has 1 aliphatic carbocycles. The Labute approximate surface area is 82.5 Å². The number of hydrogen-bond acceptors (Lipinski definition) is 1. The van der Waals surface area contributed by atoms with Gasteiger partial charge >= 0.3 is 0 Å². The van der Waals surface area contributed by atoms with Gasteiger partial charge in [-0.15, -0.1) is 0 Å². The van der Waals surface area contributed by atoms with Crippen molar-refractivity contribution in [2.45, 2.75) is 39.5 Å². The van der Waals surface area contributed by atoms with Crippen molar-refractivity contribution in [1.29, 1.82) is 0 Å². The summed E-state index contributed by atoms with van der Waals surface area (Å²) in [5.41, 5.74) is 0. The maximum atomic E-state index is 2.70. The summed E-state index contributed by atoms with van der Waals surface area (Å²) in [5.74, 6) is 2.94. The van der Waals surface area contributed by atoms with Crippen molar-refractivity contribution in [2.75, 3.05) is 19.6 Å². The predicted molar refractivity (Wildman–Crippen MR) is 56.7 cm³/mol. The molecule has 2 fully saturated rings. The highest BCUT2D eigenvalue weighted by molar-refractivity contribution is 4.79. The van der Waals surface area contributed by atoms with E-state index in [1.807, 2.05) is 0 Å². The first-order chi connectivity index (χ1) is 6.25. The Morgan fingerprint density at radius 2 is 1.85 bits per heavy atom. The van der Waals surface area contributed by atoms with Crippen LogP contribution in [0.4, 0.5) is 0 Å². The van der Waals surface area contributed by atoms with Crippen molar-refractivity contribution in [2.24, 2.45) is 17.8 Å². The van der Waals surface area contributed by atoms with E-state index in [-0.39, 0.29) is 0 Å². The minimum Gasteiger partial charge on any atom is -0.303 e. The molecular weight excluding hydrogens is 158 g/mol. The normalized spacial score (nSPS) is 37.4. The van der Waals surface area contributed by atoms with Gasteiger partial charge in [0.1, 0.15) is 0 Å². The molecule has 1 heteroatoms. The predicted octanol–water partition coefficient (Wildman–Crippen LogP) is 2.76. The van der Waals surface area contributed by atoms with E-state index in [4.69, 9.17) is 0 Å². The first kappa shape index (κ1) is 9.51. The van der Waals surface area contributed by atoms with Crippen LogP contribution in [0.2, 0.25) is 0 Å². The lowest BCUT2D eigenvalue weighted by atomic mass is 9.83. The fraction of sp³-hybridized carbons (Fsp3) is 1.00. The molecule has 1 heterocycles. The summed E-state index contributed by atoms with van der Waals surface area (Å²) < 4.78 is 0. The first-order valence-electron chi connectivity index (χ1n) is 5.98. The minimum atomic E-state index is 0.925. The molecule has 1 saturated carbocycles. The van der Waals surface area contributed by atoms with Crippen LogP contribution in [-0.2, 0) is 0 Å². The minimum absolute atomic E-state index is 0.925. The standard InChI is InChI=1S/C12H23N/c1-10-6-7-13(8-11(10)2)9-12-4-3-5-12/h10-12H,3-9H2,1-2H3. The summed E-state index contributed by atoms with van der Waals surface area (Å²) >= 11 is 0. The molecule has 1 aliphatic heterocycles. The van der Waals surface area contributed by atoms with Gasteiger partial charge in [-0.1, -0.05) is 20.3 Å². The van der Waals surface area contributed by atoms with E-state index in [1.54, 1.807) is 0 Å². The molecule has 0 aromatic rings. The van der Waals surface area contributed by atoms with Crippen molar-refractivity contribution in [3.05, 3.63) is 0 Å². The van der Waals surface area contributed by atoms with Crippen LogP contribution in [0.25, 0.3) is 0 Å². The van der Waals surface area contributed by atoms with Crippen LogP contribution in [0.5, 0.6) is 0 Å². The molecular formula is C12H23N. The fourth-order valence-corrected chi connectivity index (χ4v) is 2.56. The highest BCUT2D eigenvalue weighted by Crippen LogP contribution is 2.29. The molecule has 2 rings (SSSR count). The second-order valence-corrected chi connectivity index (χ2v) is 5.30. The van der Waals surface area contributed by atoms with Gasteiger partial charge in [0.25, 0.3) is 0 Å². The summed E-state index contributed by atoms with van der Waals surface area (Å²) in [5, 5.41) is 0. The molecule has 2 atom stereocenters. The molecule has 0 bridgehead atoms. The Morgan fingerprint density at radius 3 is 2.38 bits per heavy atom. The van der Waals surface area contributed by atoms with Crippen LogP contribution in [0.1, 0.15) is 39.5 Å². The van der Waals surface area contributed by atoms with Gasteiger partial charge in [0.15, 0.2) is 0 Å². The molecule has 1 nitrogen and oxygen atoms in total. The van der Waals surface area contributed by atoms with Crippen molar-refractivity contribution >= 4 is 0 Å². The lowest BCUT2D eigenvalue weighted by Crippen LogP contribution is -2.42. The van der Waals surface area contributed by atoms with Gasteiger partial charge in [0.05, 0.1) is 0 Å². The van der Waals surface area contributed by atoms with E-state index in [1.165, 1.54) is 45.3 Å². The zero-order valence-electron chi connectivity index (χ0n) is 9.13. The summed E-state index contributed by atoms with van der Waals surface area (Å²) in [6.07, 6.45) is 5.92. The Bertz CT molecular complexity index is 161. The van der Waals surface area contributed by atoms with Gasteiger partial charge in [0.2, 0.25) is 0 Å². The van der Waals surface area contributed by atoms with Gasteiger partial charge in [0, 0.05) is 13.1 Å². The van der Waals surface area contributed by atoms with Crippen LogP contribution in [0.15, 0.2) is 0 Å². The van der Waals surface area contributed by atoms with Crippen molar-refractivity contribution in [1.82, 2.24) is 4.90 Å². The summed E-state index contributed by atoms with van der Waals surface area (Å²) in [4.78, 5) is 2.70. The number of piperidine rings is 1. The van der Waals surface area contributed by atoms with E-state index < -0.39 is 0 Å². The summed E-state index contributed by atoms with van der Waals surface area (Å²) in [6, 6.07) is 0. The van der Waals surface area contributed by atoms with E-state index in [0.29, 0.717) is 0 Å². The molecule has 0 aromatic heterocycles. The summed E-state index contributed by atoms with van der Waals surface area (Å²) in [6.45, 7) is 8.94. The number of nitrogens with zero attached hydrogens (tertiary/aromatic N) is 1. The maximum Gasteiger partial charge on any atom is 0.000977 e. The SMILES string of the molecule is CC1CCN(CC2CCC2)CC1C. The third-order valence-corrected chi connectivity index (χ3v) is 4.16. The van der Waals surface area contributed by atoms with Crippen LogP contribution in [0.3, 0.4) is 0 Å². The molecule has 2 aliphatic rings. The molecule has 0 N–H and O–H groups in total. The average Bonchev–Trinajstić information content (AvgIpc) is 2.04. The van der Waals surface area contributed by atoms with Crippen LogP contribution < -0.4 is 0 Å². The highest BCUT2D eigenvalue weighted by Gasteiger charge is 2.26. The molecule has 0 radical (unpaired) electrons.